The molecule has 1 heterocycles. The average Bonchev–Trinajstić information content (AvgIpc) is 3.26. The summed E-state index contributed by atoms with van der Waals surface area (Å²) in [5.74, 6) is 0. The monoisotopic (exact) mass is 554 g/mol. The second kappa shape index (κ2) is 12.5. The summed E-state index contributed by atoms with van der Waals surface area (Å²) in [5, 5.41) is 5.49. The minimum Gasteiger partial charge on any atom is -0.343 e. The first-order valence-electron chi connectivity index (χ1n) is 10.3. The summed E-state index contributed by atoms with van der Waals surface area (Å²) >= 11 is 1.66. The van der Waals surface area contributed by atoms with E-state index in [0.717, 1.165) is 30.5 Å². The number of benzene rings is 3. The molecule has 0 spiro atoms. The van der Waals surface area contributed by atoms with Crippen molar-refractivity contribution in [3.63, 3.8) is 0 Å². The topological polar surface area (TPSA) is 33.4 Å². The van der Waals surface area contributed by atoms with E-state index in [-0.39, 0.29) is 24.0 Å². The Morgan fingerprint density at radius 3 is 1.81 bits per heavy atom. The van der Waals surface area contributed by atoms with Crippen LogP contribution in [0, 0.1) is 0 Å². The summed E-state index contributed by atoms with van der Waals surface area (Å²) in [6.45, 7) is 2.34. The van der Waals surface area contributed by atoms with Crippen LogP contribution in [0.25, 0.3) is 0 Å². The molecule has 0 saturated carbocycles. The number of amidine groups is 1. The predicted octanol–water partition coefficient (Wildman–Crippen LogP) is 6.60. The minimum atomic E-state index is 0. The summed E-state index contributed by atoms with van der Waals surface area (Å²) < 4.78 is 1.94. The lowest BCUT2D eigenvalue weighted by molar-refractivity contribution is 0.415. The van der Waals surface area contributed by atoms with Gasteiger partial charge in [0.2, 0.25) is 0 Å². The molecule has 3 aromatic carbocycles. The van der Waals surface area contributed by atoms with Crippen molar-refractivity contribution in [1.82, 2.24) is 14.7 Å². The molecule has 0 amide bonds. The summed E-state index contributed by atoms with van der Waals surface area (Å²) in [7, 11) is 0. The van der Waals surface area contributed by atoms with E-state index in [1.165, 1.54) is 16.7 Å². The van der Waals surface area contributed by atoms with Gasteiger partial charge in [-0.25, -0.2) is 4.99 Å². The van der Waals surface area contributed by atoms with Gasteiger partial charge in [0.1, 0.15) is 5.69 Å². The van der Waals surface area contributed by atoms with E-state index in [1.807, 2.05) is 23.1 Å². The molecule has 0 N–H and O–H groups in total. The van der Waals surface area contributed by atoms with Crippen molar-refractivity contribution in [2.24, 2.45) is 4.99 Å². The highest BCUT2D eigenvalue weighted by atomic mass is 127. The van der Waals surface area contributed by atoms with Crippen molar-refractivity contribution in [2.45, 2.75) is 19.6 Å². The van der Waals surface area contributed by atoms with Crippen LogP contribution in [0.1, 0.15) is 16.7 Å². The fraction of sp³-hybridized carbons (Fsp3) is 0.154. The molecule has 0 bridgehead atoms. The Labute approximate surface area is 211 Å². The molecule has 0 aliphatic carbocycles. The third-order valence-electron chi connectivity index (χ3n) is 4.92. The van der Waals surface area contributed by atoms with Crippen LogP contribution in [0.4, 0.5) is 5.69 Å². The SMILES string of the molecule is CSC(=Nc1cnn(Cc2ccccc2)c1)N(Cc1ccccc1)Cc1ccccc1.I. The normalized spacial score (nSPS) is 11.1. The molecule has 164 valence electrons. The van der Waals surface area contributed by atoms with Gasteiger partial charge in [-0.2, -0.15) is 5.10 Å². The minimum absolute atomic E-state index is 0. The summed E-state index contributed by atoms with van der Waals surface area (Å²) in [5.41, 5.74) is 4.62. The van der Waals surface area contributed by atoms with Crippen LogP contribution in [-0.2, 0) is 19.6 Å². The van der Waals surface area contributed by atoms with Crippen LogP contribution in [0.15, 0.2) is 108 Å². The largest absolute Gasteiger partial charge is 0.343 e. The zero-order valence-electron chi connectivity index (χ0n) is 18.0. The molecule has 4 rings (SSSR count). The molecule has 4 aromatic rings. The lowest BCUT2D eigenvalue weighted by atomic mass is 10.2. The lowest BCUT2D eigenvalue weighted by Crippen LogP contribution is -2.27. The Kier molecular flexibility index (Phi) is 9.37. The van der Waals surface area contributed by atoms with Crippen molar-refractivity contribution in [3.8, 4) is 0 Å². The zero-order valence-corrected chi connectivity index (χ0v) is 21.2. The van der Waals surface area contributed by atoms with Gasteiger partial charge in [-0.15, -0.1) is 24.0 Å². The zero-order chi connectivity index (χ0) is 21.3. The van der Waals surface area contributed by atoms with E-state index in [9.17, 15) is 0 Å². The van der Waals surface area contributed by atoms with Crippen LogP contribution < -0.4 is 0 Å². The maximum absolute atomic E-state index is 4.95. The van der Waals surface area contributed by atoms with Gasteiger partial charge in [0.25, 0.3) is 0 Å². The molecule has 0 aliphatic rings. The van der Waals surface area contributed by atoms with Crippen LogP contribution >= 0.6 is 35.7 Å². The third-order valence-corrected chi connectivity index (χ3v) is 5.63. The predicted molar refractivity (Wildman–Crippen MR) is 146 cm³/mol. The molecule has 0 saturated heterocycles. The van der Waals surface area contributed by atoms with Crippen molar-refractivity contribution in [3.05, 3.63) is 120 Å². The Bertz CT molecular complexity index is 1060. The number of nitrogens with zero attached hydrogens (tertiary/aromatic N) is 4. The highest BCUT2D eigenvalue weighted by molar-refractivity contribution is 14.0. The summed E-state index contributed by atoms with van der Waals surface area (Å²) in [6, 6.07) is 31.4. The molecule has 0 aliphatic heterocycles. The quantitative estimate of drug-likeness (QED) is 0.147. The molecule has 0 atom stereocenters. The van der Waals surface area contributed by atoms with E-state index in [4.69, 9.17) is 4.99 Å². The van der Waals surface area contributed by atoms with E-state index in [0.29, 0.717) is 0 Å². The van der Waals surface area contributed by atoms with Gasteiger partial charge in [0, 0.05) is 13.1 Å². The van der Waals surface area contributed by atoms with E-state index in [1.54, 1.807) is 11.8 Å². The first-order valence-corrected chi connectivity index (χ1v) is 11.5. The smallest absolute Gasteiger partial charge is 0.164 e. The number of halogens is 1. The average molecular weight is 555 g/mol. The van der Waals surface area contributed by atoms with Gasteiger partial charge < -0.3 is 4.90 Å². The van der Waals surface area contributed by atoms with Crippen LogP contribution in [0.2, 0.25) is 0 Å². The molecule has 4 nitrogen and oxygen atoms in total. The number of aromatic nitrogens is 2. The van der Waals surface area contributed by atoms with Crippen molar-refractivity contribution in [1.29, 1.82) is 0 Å². The highest BCUT2D eigenvalue weighted by Gasteiger charge is 2.13. The fourth-order valence-corrected chi connectivity index (χ4v) is 4.01. The summed E-state index contributed by atoms with van der Waals surface area (Å²) in [4.78, 5) is 7.28. The van der Waals surface area contributed by atoms with E-state index < -0.39 is 0 Å². The van der Waals surface area contributed by atoms with Crippen molar-refractivity contribution >= 4 is 46.6 Å². The lowest BCUT2D eigenvalue weighted by Gasteiger charge is -2.25. The van der Waals surface area contributed by atoms with Crippen LogP contribution in [-0.4, -0.2) is 26.1 Å². The van der Waals surface area contributed by atoms with Gasteiger partial charge in [0.05, 0.1) is 18.9 Å². The molecule has 32 heavy (non-hydrogen) atoms. The number of rotatable bonds is 7. The van der Waals surface area contributed by atoms with E-state index >= 15 is 0 Å². The first-order chi connectivity index (χ1) is 15.3. The van der Waals surface area contributed by atoms with Gasteiger partial charge >= 0.3 is 0 Å². The highest BCUT2D eigenvalue weighted by Crippen LogP contribution is 2.20. The van der Waals surface area contributed by atoms with Crippen LogP contribution in [0.5, 0.6) is 0 Å². The second-order valence-corrected chi connectivity index (χ2v) is 8.08. The van der Waals surface area contributed by atoms with E-state index in [2.05, 4.69) is 101 Å². The molecule has 0 radical (unpaired) electrons. The number of hydrogen-bond donors (Lipinski definition) is 0. The third kappa shape index (κ3) is 6.97. The molecule has 0 fully saturated rings. The van der Waals surface area contributed by atoms with Gasteiger partial charge in [-0.1, -0.05) is 103 Å². The van der Waals surface area contributed by atoms with Crippen molar-refractivity contribution in [2.75, 3.05) is 6.26 Å². The fourth-order valence-electron chi connectivity index (χ4n) is 3.42. The molecular weight excluding hydrogens is 527 g/mol. The molecule has 6 heteroatoms. The number of aliphatic imine (C=N–C) groups is 1. The number of thioether (sulfide) groups is 1. The van der Waals surface area contributed by atoms with Crippen molar-refractivity contribution < 1.29 is 0 Å². The van der Waals surface area contributed by atoms with Gasteiger partial charge in [0.15, 0.2) is 5.17 Å². The maximum atomic E-state index is 4.95. The standard InChI is InChI=1S/C26H26N4S.HI/c1-31-26(28-25-17-27-30(21-25)20-24-15-9-4-10-16-24)29(18-22-11-5-2-6-12-22)19-23-13-7-3-8-14-23;/h2-17,21H,18-20H2,1H3;1H. The molecule has 1 aromatic heterocycles. The maximum Gasteiger partial charge on any atom is 0.164 e. The second-order valence-electron chi connectivity index (χ2n) is 7.31. The van der Waals surface area contributed by atoms with Gasteiger partial charge in [-0.3, -0.25) is 4.68 Å². The molecular formula is C26H27IN4S. The van der Waals surface area contributed by atoms with Crippen LogP contribution in [0.3, 0.4) is 0 Å². The Hall–Kier alpha value is -2.58. The molecule has 0 unspecified atom stereocenters. The Morgan fingerprint density at radius 2 is 1.31 bits per heavy atom. The number of hydrogen-bond acceptors (Lipinski definition) is 3. The Morgan fingerprint density at radius 1 is 0.812 bits per heavy atom. The van der Waals surface area contributed by atoms with Gasteiger partial charge in [-0.05, 0) is 22.9 Å². The summed E-state index contributed by atoms with van der Waals surface area (Å²) in [6.07, 6.45) is 5.92. The Balaban J connectivity index is 0.00000289. The first kappa shape index (κ1) is 24.1.